The number of amides is 1. The topological polar surface area (TPSA) is 75.0 Å². The van der Waals surface area contributed by atoms with Gasteiger partial charge < -0.3 is 9.73 Å². The number of oxazole rings is 1. The first-order chi connectivity index (χ1) is 5.74. The summed E-state index contributed by atoms with van der Waals surface area (Å²) >= 11 is 0. The van der Waals surface area contributed by atoms with E-state index in [1.54, 1.807) is 0 Å². The lowest BCUT2D eigenvalue weighted by atomic mass is 10.4. The SMILES string of the molecule is CCCNC(=O)c1nc([O])co1. The van der Waals surface area contributed by atoms with Crippen LogP contribution in [-0.2, 0) is 5.11 Å². The van der Waals surface area contributed by atoms with Crippen LogP contribution < -0.4 is 5.32 Å². The lowest BCUT2D eigenvalue weighted by Crippen LogP contribution is -2.24. The zero-order chi connectivity index (χ0) is 8.97. The second-order valence-corrected chi connectivity index (χ2v) is 2.25. The van der Waals surface area contributed by atoms with E-state index in [0.29, 0.717) is 6.54 Å². The summed E-state index contributed by atoms with van der Waals surface area (Å²) < 4.78 is 4.59. The molecule has 0 unspecified atom stereocenters. The Bertz CT molecular complexity index is 269. The summed E-state index contributed by atoms with van der Waals surface area (Å²) in [5.41, 5.74) is 0. The van der Waals surface area contributed by atoms with Crippen molar-refractivity contribution >= 4 is 5.91 Å². The van der Waals surface area contributed by atoms with Gasteiger partial charge in [0.15, 0.2) is 6.26 Å². The quantitative estimate of drug-likeness (QED) is 0.732. The van der Waals surface area contributed by atoms with Crippen molar-refractivity contribution < 1.29 is 14.3 Å². The lowest BCUT2D eigenvalue weighted by Gasteiger charge is -1.96. The molecule has 0 aliphatic carbocycles. The fraction of sp³-hybridized carbons (Fsp3) is 0.429. The summed E-state index contributed by atoms with van der Waals surface area (Å²) in [6, 6.07) is 0. The Hall–Kier alpha value is -1.52. The van der Waals surface area contributed by atoms with Gasteiger partial charge in [-0.3, -0.25) is 9.90 Å². The third kappa shape index (κ3) is 1.98. The van der Waals surface area contributed by atoms with Crippen molar-refractivity contribution in [3.63, 3.8) is 0 Å². The van der Waals surface area contributed by atoms with E-state index in [1.807, 2.05) is 6.92 Å². The second kappa shape index (κ2) is 3.75. The molecule has 0 atom stereocenters. The van der Waals surface area contributed by atoms with Crippen LogP contribution in [0.15, 0.2) is 10.7 Å². The molecule has 0 aliphatic heterocycles. The predicted octanol–water partition coefficient (Wildman–Crippen LogP) is 0.958. The number of carbonyl (C=O) groups excluding carboxylic acids is 1. The molecule has 1 aromatic rings. The molecule has 1 aromatic heterocycles. The standard InChI is InChI=1S/C7H9N2O3/c1-2-3-8-6(11)7-9-5(10)4-12-7/h4H,2-3H2,1H3,(H,8,11). The Kier molecular flexibility index (Phi) is 2.68. The van der Waals surface area contributed by atoms with Crippen LogP contribution in [0.25, 0.3) is 0 Å². The van der Waals surface area contributed by atoms with Gasteiger partial charge in [0, 0.05) is 6.54 Å². The first-order valence-electron chi connectivity index (χ1n) is 3.64. The van der Waals surface area contributed by atoms with Gasteiger partial charge in [0.2, 0.25) is 0 Å². The number of nitrogens with one attached hydrogen (secondary N) is 1. The number of hydrogen-bond donors (Lipinski definition) is 1. The molecular formula is C7H9N2O3. The molecule has 0 spiro atoms. The zero-order valence-electron chi connectivity index (χ0n) is 6.66. The van der Waals surface area contributed by atoms with E-state index >= 15 is 0 Å². The van der Waals surface area contributed by atoms with E-state index in [2.05, 4.69) is 14.7 Å². The van der Waals surface area contributed by atoms with E-state index in [1.165, 1.54) is 0 Å². The van der Waals surface area contributed by atoms with E-state index in [0.717, 1.165) is 12.7 Å². The van der Waals surface area contributed by atoms with Gasteiger partial charge in [-0.15, -0.1) is 0 Å². The Morgan fingerprint density at radius 2 is 2.50 bits per heavy atom. The van der Waals surface area contributed by atoms with Crippen LogP contribution in [0.1, 0.15) is 24.0 Å². The van der Waals surface area contributed by atoms with Crippen molar-refractivity contribution in [2.24, 2.45) is 0 Å². The summed E-state index contributed by atoms with van der Waals surface area (Å²) in [7, 11) is 0. The zero-order valence-corrected chi connectivity index (χ0v) is 6.66. The number of nitrogens with zero attached hydrogens (tertiary/aromatic N) is 1. The molecule has 5 heteroatoms. The van der Waals surface area contributed by atoms with E-state index in [9.17, 15) is 9.90 Å². The fourth-order valence-corrected chi connectivity index (χ4v) is 0.677. The minimum Gasteiger partial charge on any atom is -0.437 e. The van der Waals surface area contributed by atoms with Crippen molar-refractivity contribution in [3.8, 4) is 5.88 Å². The Morgan fingerprint density at radius 1 is 1.75 bits per heavy atom. The van der Waals surface area contributed by atoms with Gasteiger partial charge in [-0.1, -0.05) is 6.92 Å². The van der Waals surface area contributed by atoms with Crippen molar-refractivity contribution in [3.05, 3.63) is 12.2 Å². The van der Waals surface area contributed by atoms with Gasteiger partial charge in [-0.25, -0.2) is 0 Å². The predicted molar refractivity (Wildman–Crippen MR) is 39.3 cm³/mol. The monoisotopic (exact) mass is 169 g/mol. The summed E-state index contributed by atoms with van der Waals surface area (Å²) in [5.74, 6) is -1.15. The minimum absolute atomic E-state index is 0.173. The van der Waals surface area contributed by atoms with Crippen molar-refractivity contribution in [1.82, 2.24) is 10.3 Å². The lowest BCUT2D eigenvalue weighted by molar-refractivity contribution is 0.0918. The minimum atomic E-state index is -0.531. The Labute approximate surface area is 69.4 Å². The number of hydrogen-bond acceptors (Lipinski definition) is 3. The molecule has 0 bridgehead atoms. The number of carbonyl (C=O) groups is 1. The van der Waals surface area contributed by atoms with Crippen molar-refractivity contribution in [1.29, 1.82) is 0 Å². The highest BCUT2D eigenvalue weighted by Crippen LogP contribution is 2.07. The Morgan fingerprint density at radius 3 is 3.00 bits per heavy atom. The van der Waals surface area contributed by atoms with Gasteiger partial charge in [-0.05, 0) is 6.42 Å². The molecule has 0 fully saturated rings. The molecule has 1 N–H and O–H groups in total. The average Bonchev–Trinajstić information content (AvgIpc) is 2.47. The average molecular weight is 169 g/mol. The smallest absolute Gasteiger partial charge is 0.308 e. The van der Waals surface area contributed by atoms with Gasteiger partial charge in [0.05, 0.1) is 0 Å². The van der Waals surface area contributed by atoms with Crippen LogP contribution in [0.2, 0.25) is 0 Å². The van der Waals surface area contributed by atoms with Crippen LogP contribution in [-0.4, -0.2) is 17.4 Å². The molecule has 1 rings (SSSR count). The molecule has 1 radical (unpaired) electrons. The molecule has 12 heavy (non-hydrogen) atoms. The molecule has 0 aromatic carbocycles. The highest BCUT2D eigenvalue weighted by molar-refractivity contribution is 5.89. The van der Waals surface area contributed by atoms with E-state index in [4.69, 9.17) is 0 Å². The summed E-state index contributed by atoms with van der Waals surface area (Å²) in [4.78, 5) is 14.3. The first kappa shape index (κ1) is 8.58. The van der Waals surface area contributed by atoms with Gasteiger partial charge in [0.25, 0.3) is 5.89 Å². The normalized spacial score (nSPS) is 9.75. The maximum atomic E-state index is 11.0. The van der Waals surface area contributed by atoms with Crippen LogP contribution in [0, 0.1) is 0 Å². The molecule has 0 saturated carbocycles. The third-order valence-corrected chi connectivity index (χ3v) is 1.21. The van der Waals surface area contributed by atoms with Crippen molar-refractivity contribution in [2.45, 2.75) is 13.3 Å². The van der Waals surface area contributed by atoms with Crippen LogP contribution in [0.3, 0.4) is 0 Å². The second-order valence-electron chi connectivity index (χ2n) is 2.25. The number of aromatic nitrogens is 1. The highest BCUT2D eigenvalue weighted by atomic mass is 16.4. The van der Waals surface area contributed by atoms with Gasteiger partial charge >= 0.3 is 11.8 Å². The fourth-order valence-electron chi connectivity index (χ4n) is 0.677. The molecule has 1 amide bonds. The largest absolute Gasteiger partial charge is 0.437 e. The highest BCUT2D eigenvalue weighted by Gasteiger charge is 2.11. The number of rotatable bonds is 3. The van der Waals surface area contributed by atoms with Crippen LogP contribution >= 0.6 is 0 Å². The third-order valence-electron chi connectivity index (χ3n) is 1.21. The van der Waals surface area contributed by atoms with E-state index < -0.39 is 11.8 Å². The van der Waals surface area contributed by atoms with Gasteiger partial charge in [0.1, 0.15) is 0 Å². The molecule has 65 valence electrons. The summed E-state index contributed by atoms with van der Waals surface area (Å²) in [6.45, 7) is 2.48. The van der Waals surface area contributed by atoms with Crippen LogP contribution in [0.5, 0.6) is 5.88 Å². The van der Waals surface area contributed by atoms with Crippen LogP contribution in [0.4, 0.5) is 0 Å². The molecule has 0 aliphatic rings. The van der Waals surface area contributed by atoms with Gasteiger partial charge in [-0.2, -0.15) is 4.98 Å². The molecule has 5 nitrogen and oxygen atoms in total. The maximum Gasteiger partial charge on any atom is 0.308 e. The van der Waals surface area contributed by atoms with E-state index in [-0.39, 0.29) is 5.89 Å². The molecule has 1 heterocycles. The Balaban J connectivity index is 2.53. The molecule has 0 saturated heterocycles. The maximum absolute atomic E-state index is 11.0. The first-order valence-corrected chi connectivity index (χ1v) is 3.64. The molecular weight excluding hydrogens is 160 g/mol. The summed E-state index contributed by atoms with van der Waals surface area (Å²) in [5, 5.41) is 13.0. The summed E-state index contributed by atoms with van der Waals surface area (Å²) in [6.07, 6.45) is 1.73. The van der Waals surface area contributed by atoms with Crippen molar-refractivity contribution in [2.75, 3.05) is 6.54 Å².